The van der Waals surface area contributed by atoms with E-state index in [2.05, 4.69) is 5.10 Å². The van der Waals surface area contributed by atoms with Crippen molar-refractivity contribution < 1.29 is 18.7 Å². The van der Waals surface area contributed by atoms with Crippen LogP contribution in [0.25, 0.3) is 10.8 Å². The topological polar surface area (TPSA) is 94.6 Å². The molecule has 8 nitrogen and oxygen atoms in total. The van der Waals surface area contributed by atoms with Crippen molar-refractivity contribution in [1.29, 1.82) is 0 Å². The molecule has 1 aromatic carbocycles. The van der Waals surface area contributed by atoms with Crippen LogP contribution in [0.5, 0.6) is 0 Å². The van der Waals surface area contributed by atoms with Crippen LogP contribution in [0, 0.1) is 0 Å². The molecule has 0 aliphatic rings. The molecule has 2 heterocycles. The first-order valence-electron chi connectivity index (χ1n) is 8.59. The number of aryl methyl sites for hydroxylation is 1. The molecular formula is C19H19N3O5S. The molecule has 0 aliphatic heterocycles. The highest BCUT2D eigenvalue weighted by Crippen LogP contribution is 2.21. The van der Waals surface area contributed by atoms with Crippen molar-refractivity contribution in [2.45, 2.75) is 26.0 Å². The lowest BCUT2D eigenvalue weighted by Gasteiger charge is -2.21. The fourth-order valence-corrected chi connectivity index (χ4v) is 3.15. The SMILES string of the molecule is C[C@@H](OC(=O)CCn1nc(-c2cccs2)oc1=O)C(=O)N(C)c1ccccc1. The number of hydrogen-bond acceptors (Lipinski definition) is 7. The molecule has 0 saturated heterocycles. The molecule has 28 heavy (non-hydrogen) atoms. The number of ether oxygens (including phenoxy) is 1. The van der Waals surface area contributed by atoms with Gasteiger partial charge in [-0.25, -0.2) is 4.79 Å². The molecule has 0 radical (unpaired) electrons. The zero-order valence-corrected chi connectivity index (χ0v) is 16.2. The maximum atomic E-state index is 12.4. The highest BCUT2D eigenvalue weighted by atomic mass is 32.1. The number of aromatic nitrogens is 2. The number of carbonyl (C=O) groups is 2. The molecular weight excluding hydrogens is 382 g/mol. The highest BCUT2D eigenvalue weighted by molar-refractivity contribution is 7.13. The smallest absolute Gasteiger partial charge is 0.437 e. The predicted molar refractivity (Wildman–Crippen MR) is 104 cm³/mol. The second-order valence-corrected chi connectivity index (χ2v) is 6.94. The van der Waals surface area contributed by atoms with E-state index in [0.29, 0.717) is 5.69 Å². The predicted octanol–water partition coefficient (Wildman–Crippen LogP) is 2.55. The Bertz CT molecular complexity index is 994. The molecule has 0 bridgehead atoms. The Balaban J connectivity index is 1.54. The van der Waals surface area contributed by atoms with Crippen molar-refractivity contribution in [3.05, 3.63) is 58.4 Å². The number of hydrogen-bond donors (Lipinski definition) is 0. The number of esters is 1. The zero-order chi connectivity index (χ0) is 20.1. The zero-order valence-electron chi connectivity index (χ0n) is 15.4. The molecule has 2 aromatic heterocycles. The second kappa shape index (κ2) is 8.66. The fraction of sp³-hybridized carbons (Fsp3) is 0.263. The first kappa shape index (κ1) is 19.6. The largest absolute Gasteiger partial charge is 0.452 e. The molecule has 0 N–H and O–H groups in total. The van der Waals surface area contributed by atoms with Gasteiger partial charge in [-0.1, -0.05) is 24.3 Å². The fourth-order valence-electron chi connectivity index (χ4n) is 2.50. The minimum atomic E-state index is -0.951. The third-order valence-electron chi connectivity index (χ3n) is 4.00. The van der Waals surface area contributed by atoms with Gasteiger partial charge in [0.15, 0.2) is 6.10 Å². The number of amides is 1. The van der Waals surface area contributed by atoms with Gasteiger partial charge in [-0.2, -0.15) is 4.68 Å². The van der Waals surface area contributed by atoms with Crippen LogP contribution in [0.3, 0.4) is 0 Å². The lowest BCUT2D eigenvalue weighted by Crippen LogP contribution is -2.37. The van der Waals surface area contributed by atoms with E-state index in [9.17, 15) is 14.4 Å². The van der Waals surface area contributed by atoms with E-state index in [4.69, 9.17) is 9.15 Å². The summed E-state index contributed by atoms with van der Waals surface area (Å²) < 4.78 is 11.3. The quantitative estimate of drug-likeness (QED) is 0.565. The van der Waals surface area contributed by atoms with Crippen molar-refractivity contribution in [2.24, 2.45) is 0 Å². The third-order valence-corrected chi connectivity index (χ3v) is 4.85. The van der Waals surface area contributed by atoms with Gasteiger partial charge in [0, 0.05) is 12.7 Å². The summed E-state index contributed by atoms with van der Waals surface area (Å²) in [5.41, 5.74) is 0.700. The number of likely N-dealkylation sites (N-methyl/N-ethyl adjacent to an activating group) is 1. The van der Waals surface area contributed by atoms with Crippen molar-refractivity contribution >= 4 is 28.9 Å². The van der Waals surface area contributed by atoms with Gasteiger partial charge in [0.05, 0.1) is 17.8 Å². The van der Waals surface area contributed by atoms with E-state index in [-0.39, 0.29) is 24.8 Å². The molecule has 3 rings (SSSR count). The van der Waals surface area contributed by atoms with Gasteiger partial charge in [0.2, 0.25) is 0 Å². The van der Waals surface area contributed by atoms with Gasteiger partial charge in [0.1, 0.15) is 0 Å². The molecule has 0 fully saturated rings. The summed E-state index contributed by atoms with van der Waals surface area (Å²) in [5.74, 6) is -1.39. The summed E-state index contributed by atoms with van der Waals surface area (Å²) in [6.45, 7) is 1.51. The van der Waals surface area contributed by atoms with Crippen LogP contribution in [0.2, 0.25) is 0 Å². The molecule has 0 spiro atoms. The van der Waals surface area contributed by atoms with Gasteiger partial charge in [0.25, 0.3) is 11.8 Å². The summed E-state index contributed by atoms with van der Waals surface area (Å²) in [7, 11) is 1.61. The Hall–Kier alpha value is -3.20. The summed E-state index contributed by atoms with van der Waals surface area (Å²) in [6.07, 6.45) is -1.06. The van der Waals surface area contributed by atoms with E-state index < -0.39 is 17.8 Å². The van der Waals surface area contributed by atoms with Gasteiger partial charge < -0.3 is 14.1 Å². The summed E-state index contributed by atoms with van der Waals surface area (Å²) in [4.78, 5) is 38.5. The number of carbonyl (C=O) groups excluding carboxylic acids is 2. The molecule has 146 valence electrons. The molecule has 9 heteroatoms. The molecule has 3 aromatic rings. The maximum absolute atomic E-state index is 12.4. The number of nitrogens with zero attached hydrogens (tertiary/aromatic N) is 3. The van der Waals surface area contributed by atoms with Crippen LogP contribution in [-0.2, 0) is 20.9 Å². The van der Waals surface area contributed by atoms with Crippen LogP contribution in [0.15, 0.2) is 57.1 Å². The third kappa shape index (κ3) is 4.55. The van der Waals surface area contributed by atoms with Crippen molar-refractivity contribution in [3.63, 3.8) is 0 Å². The number of anilines is 1. The Labute approximate surface area is 165 Å². The average molecular weight is 401 g/mol. The van der Waals surface area contributed by atoms with Crippen molar-refractivity contribution in [1.82, 2.24) is 9.78 Å². The standard InChI is InChI=1S/C19H19N3O5S/c1-13(18(24)21(2)14-7-4-3-5-8-14)26-16(23)10-11-22-19(25)27-17(20-22)15-9-6-12-28-15/h3-9,12-13H,10-11H2,1-2H3/t13-/m1/s1. The van der Waals surface area contributed by atoms with Gasteiger partial charge in [-0.3, -0.25) is 9.59 Å². The highest BCUT2D eigenvalue weighted by Gasteiger charge is 2.22. The van der Waals surface area contributed by atoms with Gasteiger partial charge >= 0.3 is 11.7 Å². The molecule has 0 saturated carbocycles. The Morgan fingerprint density at radius 1 is 1.25 bits per heavy atom. The minimum absolute atomic E-state index is 0.00196. The summed E-state index contributed by atoms with van der Waals surface area (Å²) >= 11 is 1.39. The molecule has 0 aliphatic carbocycles. The van der Waals surface area contributed by atoms with E-state index in [1.165, 1.54) is 23.2 Å². The van der Waals surface area contributed by atoms with E-state index in [1.807, 2.05) is 29.6 Å². The Morgan fingerprint density at radius 2 is 2.00 bits per heavy atom. The number of thiophene rings is 1. The first-order chi connectivity index (χ1) is 13.5. The number of rotatable bonds is 7. The van der Waals surface area contributed by atoms with Crippen LogP contribution in [0.4, 0.5) is 5.69 Å². The first-order valence-corrected chi connectivity index (χ1v) is 9.47. The minimum Gasteiger partial charge on any atom is -0.452 e. The van der Waals surface area contributed by atoms with Gasteiger partial charge in [-0.15, -0.1) is 16.4 Å². The number of benzene rings is 1. The van der Waals surface area contributed by atoms with E-state index in [1.54, 1.807) is 25.2 Å². The van der Waals surface area contributed by atoms with Crippen LogP contribution in [0.1, 0.15) is 13.3 Å². The van der Waals surface area contributed by atoms with Crippen LogP contribution in [-0.4, -0.2) is 34.8 Å². The Kier molecular flexibility index (Phi) is 6.05. The summed E-state index contributed by atoms with van der Waals surface area (Å²) in [6, 6.07) is 12.7. The Morgan fingerprint density at radius 3 is 2.68 bits per heavy atom. The monoisotopic (exact) mass is 401 g/mol. The van der Waals surface area contributed by atoms with Gasteiger partial charge in [-0.05, 0) is 30.5 Å². The van der Waals surface area contributed by atoms with Crippen LogP contribution >= 0.6 is 11.3 Å². The lowest BCUT2D eigenvalue weighted by atomic mass is 10.2. The average Bonchev–Trinajstić information content (AvgIpc) is 3.35. The second-order valence-electron chi connectivity index (χ2n) is 5.99. The van der Waals surface area contributed by atoms with E-state index in [0.717, 1.165) is 9.56 Å². The number of para-hydroxylation sites is 1. The molecule has 1 atom stereocenters. The van der Waals surface area contributed by atoms with Crippen molar-refractivity contribution in [2.75, 3.05) is 11.9 Å². The summed E-state index contributed by atoms with van der Waals surface area (Å²) in [5, 5.41) is 5.92. The van der Waals surface area contributed by atoms with Crippen LogP contribution < -0.4 is 10.7 Å². The van der Waals surface area contributed by atoms with E-state index >= 15 is 0 Å². The maximum Gasteiger partial charge on any atom is 0.437 e. The van der Waals surface area contributed by atoms with Crippen molar-refractivity contribution in [3.8, 4) is 10.8 Å². The molecule has 1 amide bonds. The lowest BCUT2D eigenvalue weighted by molar-refractivity contribution is -0.154. The molecule has 0 unspecified atom stereocenters. The normalized spacial score (nSPS) is 11.8.